The van der Waals surface area contributed by atoms with E-state index in [1.54, 1.807) is 33.7 Å². The summed E-state index contributed by atoms with van der Waals surface area (Å²) in [5, 5.41) is 18.5. The summed E-state index contributed by atoms with van der Waals surface area (Å²) in [5.74, 6) is 3.36. The average Bonchev–Trinajstić information content (AvgIpc) is 3.66. The Balaban J connectivity index is 1.16. The maximum atomic E-state index is 13.2. The summed E-state index contributed by atoms with van der Waals surface area (Å²) in [6.45, 7) is 1.34. The van der Waals surface area contributed by atoms with Crippen LogP contribution >= 0.6 is 0 Å². The molecule has 10 nitrogen and oxygen atoms in total. The Hall–Kier alpha value is -5.48. The zero-order chi connectivity index (χ0) is 28.1. The summed E-state index contributed by atoms with van der Waals surface area (Å²) in [5.41, 5.74) is 5.99. The van der Waals surface area contributed by atoms with Gasteiger partial charge in [0, 0.05) is 84.8 Å². The Bertz CT molecular complexity index is 1870. The van der Waals surface area contributed by atoms with E-state index < -0.39 is 0 Å². The molecule has 2 unspecified atom stereocenters. The van der Waals surface area contributed by atoms with Crippen LogP contribution in [0.5, 0.6) is 0 Å². The molecule has 41 heavy (non-hydrogen) atoms. The molecule has 0 aromatic carbocycles. The molecule has 10 heteroatoms. The van der Waals surface area contributed by atoms with E-state index in [4.69, 9.17) is 11.4 Å². The highest BCUT2D eigenvalue weighted by Crippen LogP contribution is 2.35. The molecule has 8 rings (SSSR count). The van der Waals surface area contributed by atoms with Gasteiger partial charge in [-0.2, -0.15) is 15.5 Å². The van der Waals surface area contributed by atoms with Crippen molar-refractivity contribution in [2.24, 2.45) is 7.05 Å². The van der Waals surface area contributed by atoms with Gasteiger partial charge in [0.1, 0.15) is 17.6 Å². The number of carbonyl (C=O) groups is 1. The molecule has 0 saturated carbocycles. The van der Waals surface area contributed by atoms with Gasteiger partial charge in [-0.1, -0.05) is 5.92 Å². The minimum absolute atomic E-state index is 0.0575. The van der Waals surface area contributed by atoms with E-state index in [9.17, 15) is 10.1 Å². The zero-order valence-electron chi connectivity index (χ0n) is 22.3. The molecule has 0 spiro atoms. The van der Waals surface area contributed by atoms with Gasteiger partial charge in [0.25, 0.3) is 5.91 Å². The average molecular weight is 540 g/mol. The number of fused-ring (bicyclic) bond motifs is 4. The number of hydrogen-bond donors (Lipinski definition) is 0. The van der Waals surface area contributed by atoms with E-state index in [2.05, 4.69) is 38.1 Å². The van der Waals surface area contributed by atoms with Crippen LogP contribution in [0, 0.1) is 23.7 Å². The summed E-state index contributed by atoms with van der Waals surface area (Å²) < 4.78 is 3.50. The summed E-state index contributed by atoms with van der Waals surface area (Å²) in [4.78, 5) is 26.6. The van der Waals surface area contributed by atoms with Crippen molar-refractivity contribution in [1.82, 2.24) is 34.3 Å². The Labute approximate surface area is 236 Å². The lowest BCUT2D eigenvalue weighted by atomic mass is 9.90. The Morgan fingerprint density at radius 2 is 1.83 bits per heavy atom. The first-order chi connectivity index (χ1) is 20.0. The minimum Gasteiger partial charge on any atom is -0.350 e. The fourth-order valence-corrected chi connectivity index (χ4v) is 5.98. The molecule has 2 atom stereocenters. The number of terminal acetylenes is 1. The molecular weight excluding hydrogens is 514 g/mol. The van der Waals surface area contributed by atoms with Crippen LogP contribution in [0.15, 0.2) is 67.5 Å². The second-order valence-corrected chi connectivity index (χ2v) is 10.5. The molecule has 5 aromatic rings. The highest BCUT2D eigenvalue weighted by Gasteiger charge is 2.42. The minimum atomic E-state index is -0.0575. The monoisotopic (exact) mass is 539 g/mol. The number of rotatable bonds is 4. The molecule has 1 amide bonds. The summed E-state index contributed by atoms with van der Waals surface area (Å²) >= 11 is 0. The quantitative estimate of drug-likeness (QED) is 0.322. The fraction of sp³-hybridized carbons (Fsp3) is 0.226. The van der Waals surface area contributed by atoms with E-state index in [-0.39, 0.29) is 18.0 Å². The third-order valence-electron chi connectivity index (χ3n) is 8.06. The molecule has 3 aliphatic rings. The van der Waals surface area contributed by atoms with Gasteiger partial charge in [0.15, 0.2) is 0 Å². The van der Waals surface area contributed by atoms with Gasteiger partial charge < -0.3 is 9.80 Å². The lowest BCUT2D eigenvalue weighted by Gasteiger charge is -2.51. The lowest BCUT2D eigenvalue weighted by molar-refractivity contribution is 0.0498. The fourth-order valence-electron chi connectivity index (χ4n) is 5.98. The topological polar surface area (TPSA) is 108 Å². The SMILES string of the molecule is C#Cc1ccc(C(=O)N2CC3CCC2CN3c2ccc(-c3cc(-c4cnn(C)c4)cn4ncc(C#N)c34)cn2)nc1. The number of piperazine rings is 1. The summed E-state index contributed by atoms with van der Waals surface area (Å²) in [6.07, 6.45) is 18.1. The second-order valence-electron chi connectivity index (χ2n) is 10.5. The molecule has 5 aromatic heterocycles. The van der Waals surface area contributed by atoms with Crippen molar-refractivity contribution in [3.05, 3.63) is 84.3 Å². The molecule has 200 valence electrons. The number of carbonyl (C=O) groups excluding carboxylic acids is 1. The smallest absolute Gasteiger partial charge is 0.272 e. The van der Waals surface area contributed by atoms with Crippen LogP contribution in [0.25, 0.3) is 27.8 Å². The van der Waals surface area contributed by atoms with Gasteiger partial charge in [0.05, 0.1) is 23.5 Å². The number of amides is 1. The number of hydrogen-bond acceptors (Lipinski definition) is 7. The van der Waals surface area contributed by atoms with Gasteiger partial charge in [-0.15, -0.1) is 6.42 Å². The van der Waals surface area contributed by atoms with Gasteiger partial charge in [-0.05, 0) is 43.2 Å². The molecule has 0 N–H and O–H groups in total. The number of aromatic nitrogens is 6. The highest BCUT2D eigenvalue weighted by atomic mass is 16.2. The third kappa shape index (κ3) is 4.17. The maximum Gasteiger partial charge on any atom is 0.272 e. The van der Waals surface area contributed by atoms with Crippen LogP contribution < -0.4 is 4.90 Å². The van der Waals surface area contributed by atoms with E-state index in [0.717, 1.165) is 46.4 Å². The van der Waals surface area contributed by atoms with Crippen molar-refractivity contribution in [2.45, 2.75) is 24.9 Å². The number of aryl methyl sites for hydroxylation is 1. The summed E-state index contributed by atoms with van der Waals surface area (Å²) in [7, 11) is 1.88. The van der Waals surface area contributed by atoms with Crippen molar-refractivity contribution < 1.29 is 4.79 Å². The molecule has 0 aliphatic carbocycles. The largest absolute Gasteiger partial charge is 0.350 e. The van der Waals surface area contributed by atoms with Crippen LogP contribution in [0.2, 0.25) is 0 Å². The Morgan fingerprint density at radius 3 is 2.49 bits per heavy atom. The molecule has 0 radical (unpaired) electrons. The predicted octanol–water partition coefficient (Wildman–Crippen LogP) is 3.54. The van der Waals surface area contributed by atoms with Crippen molar-refractivity contribution in [3.63, 3.8) is 0 Å². The molecular formula is C31H25N9O. The zero-order valence-corrected chi connectivity index (χ0v) is 22.3. The van der Waals surface area contributed by atoms with Gasteiger partial charge in [-0.25, -0.2) is 14.5 Å². The van der Waals surface area contributed by atoms with Crippen LogP contribution in [0.1, 0.15) is 34.5 Å². The van der Waals surface area contributed by atoms with E-state index >= 15 is 0 Å². The van der Waals surface area contributed by atoms with Gasteiger partial charge in [-0.3, -0.25) is 9.48 Å². The Morgan fingerprint density at radius 1 is 0.951 bits per heavy atom. The predicted molar refractivity (Wildman–Crippen MR) is 153 cm³/mol. The van der Waals surface area contributed by atoms with Gasteiger partial charge >= 0.3 is 0 Å². The first kappa shape index (κ1) is 24.6. The van der Waals surface area contributed by atoms with Crippen LogP contribution in [0.4, 0.5) is 5.82 Å². The number of pyridine rings is 3. The number of nitriles is 1. The molecule has 2 bridgehead atoms. The molecule has 3 aliphatic heterocycles. The van der Waals surface area contributed by atoms with E-state index in [1.807, 2.05) is 48.9 Å². The first-order valence-corrected chi connectivity index (χ1v) is 13.4. The van der Waals surface area contributed by atoms with Crippen molar-refractivity contribution in [1.29, 1.82) is 5.26 Å². The number of piperidine rings is 2. The van der Waals surface area contributed by atoms with Crippen molar-refractivity contribution in [3.8, 4) is 40.7 Å². The number of nitrogens with zero attached hydrogens (tertiary/aromatic N) is 9. The van der Waals surface area contributed by atoms with Crippen LogP contribution in [0.3, 0.4) is 0 Å². The lowest BCUT2D eigenvalue weighted by Crippen LogP contribution is -2.64. The second kappa shape index (κ2) is 9.61. The first-order valence-electron chi connectivity index (χ1n) is 13.4. The van der Waals surface area contributed by atoms with Crippen LogP contribution in [-0.4, -0.2) is 65.3 Å². The standard InChI is InChI=1S/C31H25N9O/c1-3-20-4-8-28(33-12-20)31(41)39-19-25-6-7-26(39)18-38(25)29-9-5-21(13-34-29)27-10-22(24-15-35-37(2)16-24)17-40-30(27)23(11-32)14-36-40/h1,4-5,8-10,12-17,25-26H,6-7,18-19H2,2H3. The summed E-state index contributed by atoms with van der Waals surface area (Å²) in [6, 6.07) is 12.1. The maximum absolute atomic E-state index is 13.2. The van der Waals surface area contributed by atoms with E-state index in [0.29, 0.717) is 29.9 Å². The van der Waals surface area contributed by atoms with E-state index in [1.165, 1.54) is 0 Å². The third-order valence-corrected chi connectivity index (χ3v) is 8.06. The Kier molecular flexibility index (Phi) is 5.76. The van der Waals surface area contributed by atoms with Crippen molar-refractivity contribution >= 4 is 17.2 Å². The number of anilines is 1. The molecule has 8 heterocycles. The van der Waals surface area contributed by atoms with Crippen molar-refractivity contribution in [2.75, 3.05) is 18.0 Å². The molecule has 3 fully saturated rings. The normalized spacial score (nSPS) is 17.9. The van der Waals surface area contributed by atoms with Crippen LogP contribution in [-0.2, 0) is 7.05 Å². The highest BCUT2D eigenvalue weighted by molar-refractivity contribution is 5.93. The van der Waals surface area contributed by atoms with Gasteiger partial charge in [0.2, 0.25) is 0 Å². The molecule has 3 saturated heterocycles.